The highest BCUT2D eigenvalue weighted by atomic mass is 32.1. The summed E-state index contributed by atoms with van der Waals surface area (Å²) in [6.07, 6.45) is 0. The number of thiophene rings is 1. The number of para-hydroxylation sites is 1. The minimum Gasteiger partial charge on any atom is -0.354 e. The van der Waals surface area contributed by atoms with Gasteiger partial charge in [-0.05, 0) is 99.1 Å². The summed E-state index contributed by atoms with van der Waals surface area (Å²) in [5, 5.41) is 5.12. The van der Waals surface area contributed by atoms with E-state index in [4.69, 9.17) is 0 Å². The van der Waals surface area contributed by atoms with Gasteiger partial charge in [0.05, 0.1) is 0 Å². The quantitative estimate of drug-likeness (QED) is 0.172. The molecule has 2 heterocycles. The van der Waals surface area contributed by atoms with E-state index in [-0.39, 0.29) is 0 Å². The fraction of sp³-hybridized carbons (Fsp3) is 0. The van der Waals surface area contributed by atoms with Crippen molar-refractivity contribution in [2.45, 2.75) is 0 Å². The number of hydrogen-bond donors (Lipinski definition) is 1. The van der Waals surface area contributed by atoms with Crippen LogP contribution in [0.15, 0.2) is 212 Å². The van der Waals surface area contributed by atoms with Gasteiger partial charge in [0.25, 0.3) is 0 Å². The molecule has 0 bridgehead atoms. The fourth-order valence-electron chi connectivity index (χ4n) is 8.52. The SMILES string of the molecule is c1ccc(-c2ccc(N(c3ccc(-c4ccccc4-c4ccccc4)c(-c4ccccc4)c3)c3ccc4sc5c(ccc6[nH]c7ccccc7c65)c4c3)cc2)cc1. The van der Waals surface area contributed by atoms with Crippen molar-refractivity contribution in [3.8, 4) is 44.5 Å². The van der Waals surface area contributed by atoms with Gasteiger partial charge in [-0.3, -0.25) is 0 Å². The molecule has 0 unspecified atom stereocenters. The Hall–Kier alpha value is -7.20. The Balaban J connectivity index is 1.12. The maximum absolute atomic E-state index is 3.65. The van der Waals surface area contributed by atoms with Crippen LogP contribution in [-0.4, -0.2) is 4.98 Å². The predicted molar refractivity (Wildman–Crippen MR) is 245 cm³/mol. The minimum atomic E-state index is 1.10. The Morgan fingerprint density at radius 2 is 0.895 bits per heavy atom. The zero-order chi connectivity index (χ0) is 37.7. The molecule has 0 amide bonds. The number of benzene rings is 9. The predicted octanol–water partition coefficient (Wildman–Crippen LogP) is 15.8. The molecule has 57 heavy (non-hydrogen) atoms. The molecule has 0 aliphatic rings. The second-order valence-corrected chi connectivity index (χ2v) is 15.6. The van der Waals surface area contributed by atoms with Crippen LogP contribution in [0.4, 0.5) is 17.1 Å². The lowest BCUT2D eigenvalue weighted by Gasteiger charge is -2.27. The summed E-state index contributed by atoms with van der Waals surface area (Å²) >= 11 is 1.88. The van der Waals surface area contributed by atoms with E-state index < -0.39 is 0 Å². The first-order chi connectivity index (χ1) is 28.3. The summed E-state index contributed by atoms with van der Waals surface area (Å²) < 4.78 is 2.60. The van der Waals surface area contributed by atoms with E-state index in [1.54, 1.807) is 0 Å². The van der Waals surface area contributed by atoms with E-state index in [1.807, 2.05) is 11.3 Å². The van der Waals surface area contributed by atoms with Crippen LogP contribution >= 0.6 is 11.3 Å². The molecule has 0 spiro atoms. The Bertz CT molecular complexity index is 3220. The largest absolute Gasteiger partial charge is 0.354 e. The van der Waals surface area contributed by atoms with E-state index in [0.717, 1.165) is 17.1 Å². The van der Waals surface area contributed by atoms with Crippen LogP contribution in [0.2, 0.25) is 0 Å². The number of H-pyrrole nitrogens is 1. The van der Waals surface area contributed by atoms with Gasteiger partial charge in [-0.25, -0.2) is 0 Å². The van der Waals surface area contributed by atoms with E-state index in [2.05, 4.69) is 222 Å². The summed E-state index contributed by atoms with van der Waals surface area (Å²) in [5.74, 6) is 0. The molecular formula is C54H36N2S. The number of rotatable bonds is 7. The van der Waals surface area contributed by atoms with Crippen molar-refractivity contribution in [3.63, 3.8) is 0 Å². The van der Waals surface area contributed by atoms with Gasteiger partial charge in [-0.1, -0.05) is 158 Å². The van der Waals surface area contributed by atoms with Crippen LogP contribution in [0.3, 0.4) is 0 Å². The first-order valence-electron chi connectivity index (χ1n) is 19.4. The molecule has 11 rings (SSSR count). The number of aromatic amines is 1. The third kappa shape index (κ3) is 5.80. The van der Waals surface area contributed by atoms with Crippen molar-refractivity contribution in [2.75, 3.05) is 4.90 Å². The Labute approximate surface area is 335 Å². The smallest absolute Gasteiger partial charge is 0.0479 e. The third-order valence-electron chi connectivity index (χ3n) is 11.2. The lowest BCUT2D eigenvalue weighted by atomic mass is 9.89. The summed E-state index contributed by atoms with van der Waals surface area (Å²) in [7, 11) is 0. The number of fused-ring (bicyclic) bond motifs is 7. The topological polar surface area (TPSA) is 19.0 Å². The highest BCUT2D eigenvalue weighted by Gasteiger charge is 2.20. The van der Waals surface area contributed by atoms with Crippen molar-refractivity contribution >= 4 is 70.4 Å². The van der Waals surface area contributed by atoms with Gasteiger partial charge in [-0.15, -0.1) is 11.3 Å². The minimum absolute atomic E-state index is 1.10. The van der Waals surface area contributed by atoms with Gasteiger partial charge >= 0.3 is 0 Å². The summed E-state index contributed by atoms with van der Waals surface area (Å²) in [4.78, 5) is 6.07. The Kier molecular flexibility index (Phi) is 8.04. The molecule has 0 saturated heterocycles. The van der Waals surface area contributed by atoms with E-state index in [0.29, 0.717) is 0 Å². The maximum Gasteiger partial charge on any atom is 0.0479 e. The second-order valence-electron chi connectivity index (χ2n) is 14.6. The first kappa shape index (κ1) is 33.2. The molecule has 0 saturated carbocycles. The van der Waals surface area contributed by atoms with E-state index >= 15 is 0 Å². The molecule has 3 heteroatoms. The molecule has 2 nitrogen and oxygen atoms in total. The monoisotopic (exact) mass is 744 g/mol. The highest BCUT2D eigenvalue weighted by Crippen LogP contribution is 2.46. The van der Waals surface area contributed by atoms with Crippen LogP contribution in [0.1, 0.15) is 0 Å². The summed E-state index contributed by atoms with van der Waals surface area (Å²) in [5.41, 5.74) is 15.3. The van der Waals surface area contributed by atoms with Gasteiger partial charge in [0, 0.05) is 59.0 Å². The number of nitrogens with one attached hydrogen (secondary N) is 1. The first-order valence-corrected chi connectivity index (χ1v) is 20.2. The molecular weight excluding hydrogens is 709 g/mol. The van der Waals surface area contributed by atoms with Crippen molar-refractivity contribution in [2.24, 2.45) is 0 Å². The van der Waals surface area contributed by atoms with Crippen LogP contribution in [-0.2, 0) is 0 Å². The summed E-state index contributed by atoms with van der Waals surface area (Å²) in [6, 6.07) is 77.1. The van der Waals surface area contributed by atoms with Crippen LogP contribution in [0, 0.1) is 0 Å². The number of hydrogen-bond acceptors (Lipinski definition) is 2. The summed E-state index contributed by atoms with van der Waals surface area (Å²) in [6.45, 7) is 0. The van der Waals surface area contributed by atoms with E-state index in [1.165, 1.54) is 86.5 Å². The zero-order valence-corrected chi connectivity index (χ0v) is 31.9. The molecule has 0 aliphatic heterocycles. The van der Waals surface area contributed by atoms with Crippen molar-refractivity contribution < 1.29 is 0 Å². The zero-order valence-electron chi connectivity index (χ0n) is 31.1. The lowest BCUT2D eigenvalue weighted by molar-refractivity contribution is 1.29. The average molecular weight is 745 g/mol. The molecule has 11 aromatic rings. The molecule has 9 aromatic carbocycles. The number of anilines is 3. The van der Waals surface area contributed by atoms with Gasteiger partial charge in [-0.2, -0.15) is 0 Å². The fourth-order valence-corrected chi connectivity index (χ4v) is 9.77. The normalized spacial score (nSPS) is 11.5. The molecule has 0 aliphatic carbocycles. The van der Waals surface area contributed by atoms with Gasteiger partial charge in [0.1, 0.15) is 0 Å². The van der Waals surface area contributed by atoms with Crippen molar-refractivity contribution in [1.29, 1.82) is 0 Å². The van der Waals surface area contributed by atoms with Gasteiger partial charge in [0.2, 0.25) is 0 Å². The van der Waals surface area contributed by atoms with Crippen molar-refractivity contribution in [3.05, 3.63) is 212 Å². The number of nitrogens with zero attached hydrogens (tertiary/aromatic N) is 1. The second kappa shape index (κ2) is 13.8. The molecule has 0 radical (unpaired) electrons. The van der Waals surface area contributed by atoms with Crippen molar-refractivity contribution in [1.82, 2.24) is 4.98 Å². The Morgan fingerprint density at radius 3 is 1.65 bits per heavy atom. The molecule has 0 atom stereocenters. The molecule has 268 valence electrons. The molecule has 0 fully saturated rings. The lowest BCUT2D eigenvalue weighted by Crippen LogP contribution is -2.10. The molecule has 1 N–H and O–H groups in total. The van der Waals surface area contributed by atoms with Crippen LogP contribution in [0.5, 0.6) is 0 Å². The van der Waals surface area contributed by atoms with E-state index in [9.17, 15) is 0 Å². The third-order valence-corrected chi connectivity index (χ3v) is 12.4. The standard InChI is InChI=1S/C54H36N2S/c1-4-14-36(15-5-1)37-24-26-40(27-25-37)56(42-29-33-52-49(35-42)46-31-32-51-53(54(46)57-52)47-22-12-13-23-50(47)55-51)41-28-30-45(48(34-41)39-18-8-3-9-19-39)44-21-11-10-20-43(44)38-16-6-2-7-17-38/h1-35,55H. The Morgan fingerprint density at radius 1 is 0.333 bits per heavy atom. The van der Waals surface area contributed by atoms with Gasteiger partial charge < -0.3 is 9.88 Å². The maximum atomic E-state index is 3.65. The van der Waals surface area contributed by atoms with Gasteiger partial charge in [0.15, 0.2) is 0 Å². The average Bonchev–Trinajstić information content (AvgIpc) is 3.86. The number of aromatic nitrogens is 1. The van der Waals surface area contributed by atoms with Crippen LogP contribution in [0.25, 0.3) is 86.5 Å². The van der Waals surface area contributed by atoms with Crippen LogP contribution < -0.4 is 4.90 Å². The molecule has 2 aromatic heterocycles. The highest BCUT2D eigenvalue weighted by molar-refractivity contribution is 7.26.